The van der Waals surface area contributed by atoms with Crippen molar-refractivity contribution in [3.05, 3.63) is 42.5 Å². The summed E-state index contributed by atoms with van der Waals surface area (Å²) < 4.78 is 5.80. The van der Waals surface area contributed by atoms with Crippen LogP contribution in [0.1, 0.15) is 0 Å². The van der Waals surface area contributed by atoms with E-state index in [-0.39, 0.29) is 12.4 Å². The molecule has 3 rings (SSSR count). The predicted octanol–water partition coefficient (Wildman–Crippen LogP) is 2.61. The molecule has 0 aromatic heterocycles. The van der Waals surface area contributed by atoms with Gasteiger partial charge in [-0.25, -0.2) is 0 Å². The molecule has 1 heterocycles. The third kappa shape index (κ3) is 2.13. The average Bonchev–Trinajstić information content (AvgIpc) is 2.23. The molecule has 0 unspecified atom stereocenters. The van der Waals surface area contributed by atoms with Crippen LogP contribution in [0.25, 0.3) is 10.8 Å². The molecule has 1 N–H and O–H groups in total. The highest BCUT2D eigenvalue weighted by molar-refractivity contribution is 5.85. The van der Waals surface area contributed by atoms with Crippen molar-refractivity contribution in [2.24, 2.45) is 0 Å². The van der Waals surface area contributed by atoms with Gasteiger partial charge in [-0.15, -0.1) is 12.4 Å². The van der Waals surface area contributed by atoms with Crippen molar-refractivity contribution in [3.8, 4) is 5.75 Å². The highest BCUT2D eigenvalue weighted by Gasteiger charge is 2.17. The van der Waals surface area contributed by atoms with E-state index in [0.29, 0.717) is 6.10 Å². The van der Waals surface area contributed by atoms with Crippen molar-refractivity contribution in [1.82, 2.24) is 5.32 Å². The van der Waals surface area contributed by atoms with Gasteiger partial charge in [-0.2, -0.15) is 0 Å². The molecular weight excluding hydrogens is 222 g/mol. The Kier molecular flexibility index (Phi) is 3.32. The van der Waals surface area contributed by atoms with Crippen LogP contribution in [0.4, 0.5) is 0 Å². The Morgan fingerprint density at radius 3 is 2.44 bits per heavy atom. The summed E-state index contributed by atoms with van der Waals surface area (Å²) in [5.41, 5.74) is 0. The molecule has 16 heavy (non-hydrogen) atoms. The molecule has 0 aliphatic carbocycles. The summed E-state index contributed by atoms with van der Waals surface area (Å²) >= 11 is 0. The van der Waals surface area contributed by atoms with Crippen LogP contribution in [0.2, 0.25) is 0 Å². The van der Waals surface area contributed by atoms with Crippen LogP contribution >= 0.6 is 12.4 Å². The van der Waals surface area contributed by atoms with Gasteiger partial charge in [0, 0.05) is 13.1 Å². The summed E-state index contributed by atoms with van der Waals surface area (Å²) in [6.07, 6.45) is 0.353. The Balaban J connectivity index is 0.000000963. The number of hydrogen-bond donors (Lipinski definition) is 1. The number of hydrogen-bond acceptors (Lipinski definition) is 2. The van der Waals surface area contributed by atoms with Crippen LogP contribution in [-0.4, -0.2) is 19.2 Å². The van der Waals surface area contributed by atoms with Gasteiger partial charge in [-0.3, -0.25) is 0 Å². The molecule has 0 amide bonds. The van der Waals surface area contributed by atoms with Crippen LogP contribution < -0.4 is 10.1 Å². The van der Waals surface area contributed by atoms with Crippen molar-refractivity contribution in [3.63, 3.8) is 0 Å². The minimum Gasteiger partial charge on any atom is -0.488 e. The Morgan fingerprint density at radius 2 is 1.75 bits per heavy atom. The molecule has 0 bridgehead atoms. The van der Waals surface area contributed by atoms with E-state index in [1.54, 1.807) is 0 Å². The van der Waals surface area contributed by atoms with Gasteiger partial charge in [0.25, 0.3) is 0 Å². The molecule has 3 heteroatoms. The average molecular weight is 236 g/mol. The van der Waals surface area contributed by atoms with Gasteiger partial charge < -0.3 is 10.1 Å². The lowest BCUT2D eigenvalue weighted by molar-refractivity contribution is 0.142. The third-order valence-electron chi connectivity index (χ3n) is 2.77. The molecule has 0 spiro atoms. The van der Waals surface area contributed by atoms with E-state index in [1.165, 1.54) is 10.8 Å². The molecule has 1 saturated heterocycles. The number of ether oxygens (including phenoxy) is 1. The minimum absolute atomic E-state index is 0. The molecule has 0 atom stereocenters. The lowest BCUT2D eigenvalue weighted by Gasteiger charge is -2.27. The fourth-order valence-corrected chi connectivity index (χ4v) is 1.78. The normalized spacial score (nSPS) is 15.2. The maximum atomic E-state index is 5.80. The van der Waals surface area contributed by atoms with Crippen LogP contribution in [0.15, 0.2) is 42.5 Å². The van der Waals surface area contributed by atoms with Crippen molar-refractivity contribution < 1.29 is 4.74 Å². The van der Waals surface area contributed by atoms with Gasteiger partial charge in [0.1, 0.15) is 11.9 Å². The lowest BCUT2D eigenvalue weighted by atomic mass is 10.1. The molecule has 1 aliphatic rings. The summed E-state index contributed by atoms with van der Waals surface area (Å²) in [6.45, 7) is 1.93. The van der Waals surface area contributed by atoms with Gasteiger partial charge in [0.2, 0.25) is 0 Å². The molecule has 0 radical (unpaired) electrons. The van der Waals surface area contributed by atoms with E-state index < -0.39 is 0 Å². The van der Waals surface area contributed by atoms with E-state index in [4.69, 9.17) is 4.74 Å². The molecule has 2 aromatic rings. The smallest absolute Gasteiger partial charge is 0.123 e. The number of halogens is 1. The zero-order valence-electron chi connectivity index (χ0n) is 8.85. The van der Waals surface area contributed by atoms with Gasteiger partial charge in [-0.05, 0) is 22.9 Å². The zero-order valence-corrected chi connectivity index (χ0v) is 9.67. The summed E-state index contributed by atoms with van der Waals surface area (Å²) in [6, 6.07) is 14.6. The second kappa shape index (κ2) is 4.73. The van der Waals surface area contributed by atoms with E-state index in [1.807, 2.05) is 6.07 Å². The highest BCUT2D eigenvalue weighted by atomic mass is 35.5. The standard InChI is InChI=1S/C13H13NO.ClH/c1-2-4-11-7-12(6-5-10(11)3-1)15-13-8-14-9-13;/h1-7,13-14H,8-9H2;1H. The topological polar surface area (TPSA) is 21.3 Å². The van der Waals surface area contributed by atoms with Crippen LogP contribution in [0, 0.1) is 0 Å². The quantitative estimate of drug-likeness (QED) is 0.864. The molecular formula is C13H14ClNO. The Hall–Kier alpha value is -1.25. The Bertz CT molecular complexity index is 482. The predicted molar refractivity (Wildman–Crippen MR) is 68.5 cm³/mol. The van der Waals surface area contributed by atoms with E-state index in [9.17, 15) is 0 Å². The fourth-order valence-electron chi connectivity index (χ4n) is 1.78. The Labute approximate surface area is 101 Å². The van der Waals surface area contributed by atoms with E-state index in [0.717, 1.165) is 18.8 Å². The molecule has 2 aromatic carbocycles. The van der Waals surface area contributed by atoms with Crippen LogP contribution in [-0.2, 0) is 0 Å². The van der Waals surface area contributed by atoms with E-state index >= 15 is 0 Å². The molecule has 0 saturated carbocycles. The number of fused-ring (bicyclic) bond motifs is 1. The largest absolute Gasteiger partial charge is 0.488 e. The van der Waals surface area contributed by atoms with Gasteiger partial charge >= 0.3 is 0 Å². The first-order chi connectivity index (χ1) is 7.42. The third-order valence-corrected chi connectivity index (χ3v) is 2.77. The minimum atomic E-state index is 0. The first-order valence-corrected chi connectivity index (χ1v) is 5.28. The monoisotopic (exact) mass is 235 g/mol. The molecule has 1 aliphatic heterocycles. The molecule has 84 valence electrons. The van der Waals surface area contributed by atoms with Crippen LogP contribution in [0.5, 0.6) is 5.75 Å². The SMILES string of the molecule is Cl.c1ccc2cc(OC3CNC3)ccc2c1. The van der Waals surface area contributed by atoms with Crippen molar-refractivity contribution in [2.75, 3.05) is 13.1 Å². The van der Waals surface area contributed by atoms with Crippen molar-refractivity contribution >= 4 is 23.2 Å². The first-order valence-electron chi connectivity index (χ1n) is 5.28. The summed E-state index contributed by atoms with van der Waals surface area (Å²) in [7, 11) is 0. The fraction of sp³-hybridized carbons (Fsp3) is 0.231. The van der Waals surface area contributed by atoms with Crippen molar-refractivity contribution in [2.45, 2.75) is 6.10 Å². The van der Waals surface area contributed by atoms with Gasteiger partial charge in [-0.1, -0.05) is 30.3 Å². The Morgan fingerprint density at radius 1 is 1.00 bits per heavy atom. The second-order valence-corrected chi connectivity index (χ2v) is 3.91. The first kappa shape index (κ1) is 11.2. The van der Waals surface area contributed by atoms with Crippen LogP contribution in [0.3, 0.4) is 0 Å². The molecule has 2 nitrogen and oxygen atoms in total. The highest BCUT2D eigenvalue weighted by Crippen LogP contribution is 2.21. The summed E-state index contributed by atoms with van der Waals surface area (Å²) in [5.74, 6) is 0.972. The van der Waals surface area contributed by atoms with E-state index in [2.05, 4.69) is 41.7 Å². The van der Waals surface area contributed by atoms with Crippen molar-refractivity contribution in [1.29, 1.82) is 0 Å². The number of nitrogens with one attached hydrogen (secondary N) is 1. The molecule has 1 fully saturated rings. The van der Waals surface area contributed by atoms with Gasteiger partial charge in [0.15, 0.2) is 0 Å². The van der Waals surface area contributed by atoms with Gasteiger partial charge in [0.05, 0.1) is 0 Å². The zero-order chi connectivity index (χ0) is 10.1. The summed E-state index contributed by atoms with van der Waals surface area (Å²) in [4.78, 5) is 0. The summed E-state index contributed by atoms with van der Waals surface area (Å²) in [5, 5.41) is 5.69. The maximum absolute atomic E-state index is 5.80. The second-order valence-electron chi connectivity index (χ2n) is 3.91. The number of rotatable bonds is 2. The maximum Gasteiger partial charge on any atom is 0.123 e. The lowest BCUT2D eigenvalue weighted by Crippen LogP contribution is -2.50. The number of benzene rings is 2.